The molecule has 1 heterocycles. The maximum atomic E-state index is 13.8. The third kappa shape index (κ3) is 9.28. The monoisotopic (exact) mass is 715 g/mol. The molecule has 2 aromatic carbocycles. The summed E-state index contributed by atoms with van der Waals surface area (Å²) in [5, 5.41) is 16.4. The second-order valence-corrected chi connectivity index (χ2v) is 12.5. The second kappa shape index (κ2) is 14.1. The van der Waals surface area contributed by atoms with Gasteiger partial charge in [0.25, 0.3) is 5.91 Å². The maximum absolute atomic E-state index is 13.8. The Kier molecular flexibility index (Phi) is 10.8. The molecule has 0 unspecified atom stereocenters. The van der Waals surface area contributed by atoms with E-state index in [0.29, 0.717) is 23.3 Å². The van der Waals surface area contributed by atoms with Crippen LogP contribution in [0.4, 0.5) is 36.8 Å². The van der Waals surface area contributed by atoms with Crippen LogP contribution < -0.4 is 25.4 Å². The third-order valence-corrected chi connectivity index (χ3v) is 9.10. The zero-order chi connectivity index (χ0) is 33.9. The first-order chi connectivity index (χ1) is 21.4. The molecule has 0 bridgehead atoms. The Morgan fingerprint density at radius 1 is 0.913 bits per heavy atom. The van der Waals surface area contributed by atoms with Crippen molar-refractivity contribution in [3.8, 4) is 11.5 Å². The SMILES string of the molecule is O=C(Nc1c(Cl)cc(OC(F)(F)F)cc1Cl)N[C@@]1(C(=O)N[C@H](C(=O)O)C2CCCCC2)CC=C(c2ccc(OC(F)(F)F)cc2)S1. The van der Waals surface area contributed by atoms with Gasteiger partial charge in [0, 0.05) is 23.5 Å². The number of aliphatic carboxylic acids is 1. The molecule has 4 rings (SSSR count). The van der Waals surface area contributed by atoms with E-state index in [1.807, 2.05) is 0 Å². The molecule has 4 N–H and O–H groups in total. The van der Waals surface area contributed by atoms with Crippen LogP contribution in [0.5, 0.6) is 11.5 Å². The average Bonchev–Trinajstić information content (AvgIpc) is 3.37. The lowest BCUT2D eigenvalue weighted by atomic mass is 9.83. The number of carbonyl (C=O) groups excluding carboxylic acids is 2. The molecular formula is C28H25Cl2F6N3O6S. The highest BCUT2D eigenvalue weighted by atomic mass is 35.5. The lowest BCUT2D eigenvalue weighted by molar-refractivity contribution is -0.275. The van der Waals surface area contributed by atoms with Crippen LogP contribution in [0, 0.1) is 5.92 Å². The first-order valence-corrected chi connectivity index (χ1v) is 15.1. The van der Waals surface area contributed by atoms with Crippen LogP contribution in [-0.2, 0) is 9.59 Å². The highest BCUT2D eigenvalue weighted by Crippen LogP contribution is 2.47. The predicted molar refractivity (Wildman–Crippen MR) is 157 cm³/mol. The fourth-order valence-electron chi connectivity index (χ4n) is 5.07. The summed E-state index contributed by atoms with van der Waals surface area (Å²) in [5.41, 5.74) is 0.0535. The van der Waals surface area contributed by atoms with Crippen molar-refractivity contribution < 1.29 is 55.3 Å². The molecule has 9 nitrogen and oxygen atoms in total. The van der Waals surface area contributed by atoms with Gasteiger partial charge < -0.3 is 30.5 Å². The molecule has 3 amide bonds. The molecule has 2 atom stereocenters. The molecular weight excluding hydrogens is 691 g/mol. The van der Waals surface area contributed by atoms with Crippen molar-refractivity contribution in [2.24, 2.45) is 5.92 Å². The molecule has 1 aliphatic heterocycles. The van der Waals surface area contributed by atoms with E-state index in [1.165, 1.54) is 18.2 Å². The summed E-state index contributed by atoms with van der Waals surface area (Å²) in [6, 6.07) is 3.90. The van der Waals surface area contributed by atoms with Crippen LogP contribution in [0.15, 0.2) is 42.5 Å². The van der Waals surface area contributed by atoms with Crippen molar-refractivity contribution in [1.29, 1.82) is 0 Å². The van der Waals surface area contributed by atoms with Crippen LogP contribution >= 0.6 is 35.0 Å². The number of ether oxygens (including phenoxy) is 2. The number of carbonyl (C=O) groups is 3. The first-order valence-electron chi connectivity index (χ1n) is 13.6. The van der Waals surface area contributed by atoms with Gasteiger partial charge in [-0.3, -0.25) is 4.79 Å². The van der Waals surface area contributed by atoms with E-state index in [4.69, 9.17) is 23.2 Å². The van der Waals surface area contributed by atoms with E-state index in [-0.39, 0.29) is 18.0 Å². The van der Waals surface area contributed by atoms with Crippen LogP contribution in [0.2, 0.25) is 10.0 Å². The molecule has 0 saturated heterocycles. The number of alkyl halides is 6. The summed E-state index contributed by atoms with van der Waals surface area (Å²) in [4.78, 5) is 37.7. The van der Waals surface area contributed by atoms with E-state index in [2.05, 4.69) is 25.4 Å². The highest BCUT2D eigenvalue weighted by Gasteiger charge is 2.47. The molecule has 250 valence electrons. The molecule has 0 spiro atoms. The van der Waals surface area contributed by atoms with Crippen molar-refractivity contribution in [2.45, 2.75) is 62.2 Å². The lowest BCUT2D eigenvalue weighted by Gasteiger charge is -2.33. The number of benzene rings is 2. The maximum Gasteiger partial charge on any atom is 0.573 e. The number of anilines is 1. The Morgan fingerprint density at radius 2 is 1.48 bits per heavy atom. The van der Waals surface area contributed by atoms with Crippen molar-refractivity contribution in [1.82, 2.24) is 10.6 Å². The largest absolute Gasteiger partial charge is 0.573 e. The Hall–Kier alpha value is -3.50. The van der Waals surface area contributed by atoms with Gasteiger partial charge in [0.1, 0.15) is 17.5 Å². The quantitative estimate of drug-likeness (QED) is 0.194. The number of thioether (sulfide) groups is 1. The minimum atomic E-state index is -5.04. The fraction of sp³-hybridized carbons (Fsp3) is 0.393. The van der Waals surface area contributed by atoms with Crippen molar-refractivity contribution in [2.75, 3.05) is 5.32 Å². The van der Waals surface area contributed by atoms with E-state index in [0.717, 1.165) is 55.3 Å². The second-order valence-electron chi connectivity index (χ2n) is 10.4. The lowest BCUT2D eigenvalue weighted by Crippen LogP contribution is -2.60. The average molecular weight is 716 g/mol. The number of nitrogens with one attached hydrogen (secondary N) is 3. The number of hydrogen-bond acceptors (Lipinski definition) is 6. The number of carboxylic acid groups (broad SMARTS) is 1. The van der Waals surface area contributed by atoms with Crippen molar-refractivity contribution in [3.05, 3.63) is 58.1 Å². The Morgan fingerprint density at radius 3 is 2.02 bits per heavy atom. The topological polar surface area (TPSA) is 126 Å². The molecule has 1 aliphatic carbocycles. The van der Waals surface area contributed by atoms with Crippen molar-refractivity contribution >= 4 is 63.5 Å². The minimum absolute atomic E-state index is 0.191. The Bertz CT molecular complexity index is 1480. The number of amides is 3. The van der Waals surface area contributed by atoms with Crippen LogP contribution in [0.1, 0.15) is 44.1 Å². The van der Waals surface area contributed by atoms with Crippen LogP contribution in [0.3, 0.4) is 0 Å². The van der Waals surface area contributed by atoms with E-state index >= 15 is 0 Å². The van der Waals surface area contributed by atoms with E-state index in [9.17, 15) is 45.8 Å². The van der Waals surface area contributed by atoms with Gasteiger partial charge in [0.15, 0.2) is 4.87 Å². The van der Waals surface area contributed by atoms with Gasteiger partial charge in [0.2, 0.25) is 0 Å². The summed E-state index contributed by atoms with van der Waals surface area (Å²) >= 11 is 12.9. The minimum Gasteiger partial charge on any atom is -0.480 e. The predicted octanol–water partition coefficient (Wildman–Crippen LogP) is 7.94. The van der Waals surface area contributed by atoms with Gasteiger partial charge in [-0.05, 0) is 36.5 Å². The molecule has 1 saturated carbocycles. The normalized spacial score (nSPS) is 19.5. The number of urea groups is 1. The van der Waals surface area contributed by atoms with Crippen LogP contribution in [-0.4, -0.2) is 46.7 Å². The van der Waals surface area contributed by atoms with Gasteiger partial charge in [-0.25, -0.2) is 9.59 Å². The number of hydrogen-bond donors (Lipinski definition) is 4. The zero-order valence-electron chi connectivity index (χ0n) is 23.4. The molecule has 0 radical (unpaired) electrons. The fourth-order valence-corrected chi connectivity index (χ4v) is 6.89. The molecule has 1 fully saturated rings. The summed E-state index contributed by atoms with van der Waals surface area (Å²) < 4.78 is 83.4. The van der Waals surface area contributed by atoms with Gasteiger partial charge in [0.05, 0.1) is 15.7 Å². The Labute approximate surface area is 272 Å². The molecule has 2 aliphatic rings. The van der Waals surface area contributed by atoms with Gasteiger partial charge in [-0.2, -0.15) is 0 Å². The Balaban J connectivity index is 1.58. The van der Waals surface area contributed by atoms with E-state index < -0.39 is 63.1 Å². The first kappa shape index (κ1) is 35.4. The highest BCUT2D eigenvalue weighted by molar-refractivity contribution is 8.10. The van der Waals surface area contributed by atoms with E-state index in [1.54, 1.807) is 0 Å². The number of rotatable bonds is 9. The summed E-state index contributed by atoms with van der Waals surface area (Å²) in [5.74, 6) is -3.75. The molecule has 0 aromatic heterocycles. The smallest absolute Gasteiger partial charge is 0.480 e. The summed E-state index contributed by atoms with van der Waals surface area (Å²) in [6.45, 7) is 0. The van der Waals surface area contributed by atoms with Gasteiger partial charge in [-0.1, -0.05) is 72.4 Å². The molecule has 2 aromatic rings. The van der Waals surface area contributed by atoms with Gasteiger partial charge >= 0.3 is 24.7 Å². The summed E-state index contributed by atoms with van der Waals surface area (Å²) in [7, 11) is 0. The standard InChI is InChI=1S/C28H25Cl2F6N3O6S/c29-18-12-17(45-28(34,35)36)13-19(30)22(18)38-25(43)39-26(24(42)37-21(23(40)41)15-4-2-1-3-5-15)11-10-20(46-26)14-6-8-16(9-7-14)44-27(31,32)33/h6-10,12-13,15,21H,1-5,11H2,(H,37,42)(H,40,41)(H2,38,39,43)/t21-,26-/m0/s1. The zero-order valence-corrected chi connectivity index (χ0v) is 25.7. The molecule has 18 heteroatoms. The third-order valence-electron chi connectivity index (χ3n) is 7.08. The number of carboxylic acids is 1. The van der Waals surface area contributed by atoms with Gasteiger partial charge in [-0.15, -0.1) is 26.3 Å². The summed E-state index contributed by atoms with van der Waals surface area (Å²) in [6.07, 6.45) is -5.01. The molecule has 46 heavy (non-hydrogen) atoms. The van der Waals surface area contributed by atoms with Crippen LogP contribution in [0.25, 0.3) is 4.91 Å². The van der Waals surface area contributed by atoms with Crippen molar-refractivity contribution in [3.63, 3.8) is 0 Å². The number of halogens is 8.